The predicted octanol–water partition coefficient (Wildman–Crippen LogP) is 1.54. The first-order chi connectivity index (χ1) is 9.84. The molecule has 20 heavy (non-hydrogen) atoms. The number of imidazole rings is 2. The zero-order valence-corrected chi connectivity index (χ0v) is 11.0. The second-order valence-electron chi connectivity index (χ2n) is 5.22. The molecule has 4 aromatic rings. The molecule has 0 N–H and O–H groups in total. The van der Waals surface area contributed by atoms with E-state index in [0.29, 0.717) is 0 Å². The molecule has 0 radical (unpaired) electrons. The molecule has 1 aliphatic heterocycles. The molecular weight excluding hydrogens is 250 g/mol. The van der Waals surface area contributed by atoms with Crippen LogP contribution in [-0.2, 0) is 13.6 Å². The molecule has 5 nitrogen and oxygen atoms in total. The third-order valence-corrected chi connectivity index (χ3v) is 4.15. The fourth-order valence-electron chi connectivity index (χ4n) is 3.28. The van der Waals surface area contributed by atoms with Crippen molar-refractivity contribution in [3.63, 3.8) is 0 Å². The van der Waals surface area contributed by atoms with Crippen molar-refractivity contribution in [2.24, 2.45) is 7.05 Å². The number of rotatable bonds is 0. The molecule has 5 heteroatoms. The molecule has 0 atom stereocenters. The Morgan fingerprint density at radius 2 is 2.20 bits per heavy atom. The highest BCUT2D eigenvalue weighted by Crippen LogP contribution is 2.34. The lowest BCUT2D eigenvalue weighted by Gasteiger charge is -1.95. The lowest BCUT2D eigenvalue weighted by atomic mass is 10.1. The Morgan fingerprint density at radius 1 is 1.25 bits per heavy atom. The second-order valence-corrected chi connectivity index (χ2v) is 5.22. The van der Waals surface area contributed by atoms with Gasteiger partial charge in [0.1, 0.15) is 0 Å². The molecule has 5 heterocycles. The minimum absolute atomic E-state index is 0.883. The van der Waals surface area contributed by atoms with Crippen LogP contribution in [0.5, 0.6) is 0 Å². The van der Waals surface area contributed by atoms with Crippen LogP contribution in [-0.4, -0.2) is 19.1 Å². The lowest BCUT2D eigenvalue weighted by molar-refractivity contribution is -0.484. The average Bonchev–Trinajstić information content (AvgIpc) is 3.08. The van der Waals surface area contributed by atoms with Gasteiger partial charge in [0.25, 0.3) is 5.65 Å². The van der Waals surface area contributed by atoms with E-state index in [9.17, 15) is 0 Å². The van der Waals surface area contributed by atoms with E-state index in [2.05, 4.69) is 49.0 Å². The summed E-state index contributed by atoms with van der Waals surface area (Å²) in [5.41, 5.74) is 7.14. The van der Waals surface area contributed by atoms with Gasteiger partial charge in [-0.25, -0.2) is 0 Å². The van der Waals surface area contributed by atoms with Gasteiger partial charge in [0, 0.05) is 30.6 Å². The Hall–Kier alpha value is -2.69. The minimum atomic E-state index is 0.883. The van der Waals surface area contributed by atoms with E-state index in [0.717, 1.165) is 17.7 Å². The van der Waals surface area contributed by atoms with Gasteiger partial charge in [0.05, 0.1) is 12.7 Å². The van der Waals surface area contributed by atoms with E-state index >= 15 is 0 Å². The quantitative estimate of drug-likeness (QED) is 0.397. The summed E-state index contributed by atoms with van der Waals surface area (Å²) in [6, 6.07) is 6.18. The van der Waals surface area contributed by atoms with E-state index in [4.69, 9.17) is 0 Å². The summed E-state index contributed by atoms with van der Waals surface area (Å²) in [5.74, 6) is 0. The third-order valence-electron chi connectivity index (χ3n) is 4.15. The zero-order valence-electron chi connectivity index (χ0n) is 11.0. The number of aromatic nitrogens is 5. The van der Waals surface area contributed by atoms with Gasteiger partial charge in [0.2, 0.25) is 5.65 Å². The Labute approximate surface area is 114 Å². The van der Waals surface area contributed by atoms with Crippen molar-refractivity contribution >= 4 is 16.8 Å². The first-order valence-electron chi connectivity index (χ1n) is 6.62. The van der Waals surface area contributed by atoms with Gasteiger partial charge in [-0.05, 0) is 18.2 Å². The third kappa shape index (κ3) is 1.02. The second kappa shape index (κ2) is 3.25. The largest absolute Gasteiger partial charge is 0.272 e. The first kappa shape index (κ1) is 10.1. The van der Waals surface area contributed by atoms with Crippen LogP contribution < -0.4 is 4.40 Å². The maximum atomic E-state index is 4.52. The molecule has 0 unspecified atom stereocenters. The molecule has 0 bridgehead atoms. The summed E-state index contributed by atoms with van der Waals surface area (Å²) in [4.78, 5) is 8.74. The van der Waals surface area contributed by atoms with Gasteiger partial charge in [-0.2, -0.15) is 4.40 Å². The van der Waals surface area contributed by atoms with Crippen LogP contribution >= 0.6 is 0 Å². The Kier molecular flexibility index (Phi) is 1.65. The van der Waals surface area contributed by atoms with Crippen molar-refractivity contribution in [3.8, 4) is 11.3 Å². The van der Waals surface area contributed by atoms with Crippen LogP contribution in [0.3, 0.4) is 0 Å². The standard InChI is InChI=1S/C15H12N5/c1-18-12-3-2-5-17-14(12)20-9-19-8-10-7-16-6-4-11(10)13(19)15(18)20/h2-7,9H,8H2,1H3/q+1. The van der Waals surface area contributed by atoms with E-state index < -0.39 is 0 Å². The number of fused-ring (bicyclic) bond motifs is 7. The van der Waals surface area contributed by atoms with Gasteiger partial charge in [-0.3, -0.25) is 14.1 Å². The number of hydrogen-bond donors (Lipinski definition) is 0. The van der Waals surface area contributed by atoms with E-state index in [1.165, 1.54) is 22.5 Å². The zero-order chi connectivity index (χ0) is 13.3. The summed E-state index contributed by atoms with van der Waals surface area (Å²) in [6.45, 7) is 0.883. The molecule has 0 amide bonds. The molecular formula is C15H12N5+. The van der Waals surface area contributed by atoms with Crippen LogP contribution in [0.25, 0.3) is 28.1 Å². The highest BCUT2D eigenvalue weighted by atomic mass is 15.2. The SMILES string of the molecule is Cn1c2cccnc2[n+]2cn3c(c12)-c1ccncc1C3. The molecule has 1 aliphatic rings. The Morgan fingerprint density at radius 3 is 3.15 bits per heavy atom. The fraction of sp³-hybridized carbons (Fsp3) is 0.133. The topological polar surface area (TPSA) is 39.7 Å². The highest BCUT2D eigenvalue weighted by Gasteiger charge is 2.30. The summed E-state index contributed by atoms with van der Waals surface area (Å²) in [7, 11) is 2.10. The number of pyridine rings is 2. The average molecular weight is 262 g/mol. The fourth-order valence-corrected chi connectivity index (χ4v) is 3.28. The molecule has 0 aliphatic carbocycles. The summed E-state index contributed by atoms with van der Waals surface area (Å²) < 4.78 is 6.66. The van der Waals surface area contributed by atoms with Crippen molar-refractivity contribution in [2.75, 3.05) is 0 Å². The Balaban J connectivity index is 2.01. The number of aryl methyl sites for hydroxylation is 1. The van der Waals surface area contributed by atoms with Crippen molar-refractivity contribution in [2.45, 2.75) is 6.54 Å². The van der Waals surface area contributed by atoms with Crippen LogP contribution in [0.1, 0.15) is 5.56 Å². The van der Waals surface area contributed by atoms with E-state index in [1.54, 1.807) is 0 Å². The van der Waals surface area contributed by atoms with E-state index in [-0.39, 0.29) is 0 Å². The molecule has 4 aromatic heterocycles. The van der Waals surface area contributed by atoms with Crippen molar-refractivity contribution in [3.05, 3.63) is 48.7 Å². The monoisotopic (exact) mass is 262 g/mol. The molecule has 0 spiro atoms. The lowest BCUT2D eigenvalue weighted by Crippen LogP contribution is -2.18. The molecule has 96 valence electrons. The van der Waals surface area contributed by atoms with Gasteiger partial charge in [-0.15, -0.1) is 4.98 Å². The van der Waals surface area contributed by atoms with Crippen molar-refractivity contribution in [1.82, 2.24) is 19.1 Å². The van der Waals surface area contributed by atoms with Crippen LogP contribution in [0.4, 0.5) is 0 Å². The molecule has 0 saturated heterocycles. The van der Waals surface area contributed by atoms with Crippen LogP contribution in [0.2, 0.25) is 0 Å². The van der Waals surface area contributed by atoms with Gasteiger partial charge in [0.15, 0.2) is 17.5 Å². The first-order valence-corrected chi connectivity index (χ1v) is 6.62. The van der Waals surface area contributed by atoms with Crippen molar-refractivity contribution < 1.29 is 4.40 Å². The van der Waals surface area contributed by atoms with Gasteiger partial charge < -0.3 is 0 Å². The predicted molar refractivity (Wildman–Crippen MR) is 74.2 cm³/mol. The molecule has 0 fully saturated rings. The normalized spacial score (nSPS) is 13.1. The minimum Gasteiger partial charge on any atom is -0.272 e. The van der Waals surface area contributed by atoms with Crippen LogP contribution in [0, 0.1) is 0 Å². The van der Waals surface area contributed by atoms with Gasteiger partial charge in [-0.1, -0.05) is 0 Å². The number of nitrogens with zero attached hydrogens (tertiary/aromatic N) is 5. The molecule has 5 rings (SSSR count). The van der Waals surface area contributed by atoms with Gasteiger partial charge >= 0.3 is 0 Å². The Bertz CT molecular complexity index is 992. The van der Waals surface area contributed by atoms with Crippen molar-refractivity contribution in [1.29, 1.82) is 0 Å². The van der Waals surface area contributed by atoms with E-state index in [1.807, 2.05) is 24.7 Å². The molecule has 0 saturated carbocycles. The maximum Gasteiger partial charge on any atom is 0.272 e. The smallest absolute Gasteiger partial charge is 0.272 e. The molecule has 0 aromatic carbocycles. The maximum absolute atomic E-state index is 4.52. The summed E-state index contributed by atoms with van der Waals surface area (Å²) >= 11 is 0. The summed E-state index contributed by atoms with van der Waals surface area (Å²) in [5, 5.41) is 0. The number of hydrogen-bond acceptors (Lipinski definition) is 2. The highest BCUT2D eigenvalue weighted by molar-refractivity contribution is 5.82. The summed E-state index contributed by atoms with van der Waals surface area (Å²) in [6.07, 6.45) is 7.80. The van der Waals surface area contributed by atoms with Crippen LogP contribution in [0.15, 0.2) is 43.1 Å².